The molecule has 0 spiro atoms. The molecule has 0 N–H and O–H groups in total. The van der Waals surface area contributed by atoms with E-state index >= 15 is 0 Å². The van der Waals surface area contributed by atoms with E-state index in [1.165, 1.54) is 0 Å². The summed E-state index contributed by atoms with van der Waals surface area (Å²) in [5.74, 6) is 0.407. The number of esters is 1. The summed E-state index contributed by atoms with van der Waals surface area (Å²) in [5, 5.41) is 0.360. The summed E-state index contributed by atoms with van der Waals surface area (Å²) in [6, 6.07) is 3.17. The zero-order valence-corrected chi connectivity index (χ0v) is 16.2. The van der Waals surface area contributed by atoms with Crippen molar-refractivity contribution in [3.8, 4) is 11.5 Å². The van der Waals surface area contributed by atoms with Gasteiger partial charge in [-0.15, -0.1) is 0 Å². The van der Waals surface area contributed by atoms with Gasteiger partial charge < -0.3 is 14.2 Å². The van der Waals surface area contributed by atoms with Gasteiger partial charge in [0.05, 0.1) is 23.9 Å². The van der Waals surface area contributed by atoms with E-state index in [4.69, 9.17) is 25.8 Å². The van der Waals surface area contributed by atoms with Crippen molar-refractivity contribution >= 4 is 17.6 Å². The molecule has 5 heteroatoms. The Balaban J connectivity index is 0.00000232. The highest BCUT2D eigenvalue weighted by molar-refractivity contribution is 6.33. The zero-order chi connectivity index (χ0) is 18.2. The lowest BCUT2D eigenvalue weighted by Crippen LogP contribution is -2.14. The Morgan fingerprint density at radius 1 is 0.870 bits per heavy atom. The molecular formula is C18H29ClO4. The minimum atomic E-state index is -0.427. The first-order valence-electron chi connectivity index (χ1n) is 8.08. The molecule has 0 aliphatic carbocycles. The van der Waals surface area contributed by atoms with Crippen LogP contribution in [-0.4, -0.2) is 24.3 Å². The number of carbonyl (C=O) groups excluding carboxylic acids is 1. The van der Waals surface area contributed by atoms with E-state index in [2.05, 4.69) is 0 Å². The molecule has 4 nitrogen and oxygen atoms in total. The van der Waals surface area contributed by atoms with Crippen LogP contribution in [0.15, 0.2) is 12.1 Å². The van der Waals surface area contributed by atoms with Crippen LogP contribution < -0.4 is 9.47 Å². The normalized spacial score (nSPS) is 10.4. The summed E-state index contributed by atoms with van der Waals surface area (Å²) in [6.07, 6.45) is -0.325. The first kappa shape index (κ1) is 21.6. The largest absolute Gasteiger partial charge is 0.489 e. The van der Waals surface area contributed by atoms with Crippen molar-refractivity contribution in [1.82, 2.24) is 0 Å². The van der Waals surface area contributed by atoms with Gasteiger partial charge in [0, 0.05) is 0 Å². The number of benzene rings is 1. The quantitative estimate of drug-likeness (QED) is 0.638. The lowest BCUT2D eigenvalue weighted by molar-refractivity contribution is 0.0376. The Morgan fingerprint density at radius 3 is 1.57 bits per heavy atom. The van der Waals surface area contributed by atoms with Crippen LogP contribution in [0.1, 0.15) is 65.7 Å². The van der Waals surface area contributed by atoms with Gasteiger partial charge >= 0.3 is 5.97 Å². The Labute approximate surface area is 145 Å². The van der Waals surface area contributed by atoms with E-state index in [1.807, 2.05) is 41.5 Å². The van der Waals surface area contributed by atoms with E-state index in [0.717, 1.165) is 0 Å². The Bertz CT molecular complexity index is 465. The Kier molecular flexibility index (Phi) is 9.73. The van der Waals surface area contributed by atoms with Crippen LogP contribution >= 0.6 is 11.6 Å². The highest BCUT2D eigenvalue weighted by Crippen LogP contribution is 2.37. The Morgan fingerprint density at radius 2 is 1.26 bits per heavy atom. The number of rotatable bonds is 6. The maximum Gasteiger partial charge on any atom is 0.338 e. The molecule has 0 aromatic heterocycles. The van der Waals surface area contributed by atoms with Crippen LogP contribution in [0.3, 0.4) is 0 Å². The van der Waals surface area contributed by atoms with Gasteiger partial charge in [-0.2, -0.15) is 0 Å². The van der Waals surface area contributed by atoms with Crippen LogP contribution in [0.25, 0.3) is 0 Å². The van der Waals surface area contributed by atoms with E-state index in [9.17, 15) is 4.79 Å². The summed E-state index contributed by atoms with van der Waals surface area (Å²) in [6.45, 7) is 15.1. The smallest absolute Gasteiger partial charge is 0.338 e. The van der Waals surface area contributed by atoms with E-state index in [1.54, 1.807) is 26.0 Å². The van der Waals surface area contributed by atoms with Gasteiger partial charge in [-0.05, 0) is 53.7 Å². The molecule has 0 amide bonds. The van der Waals surface area contributed by atoms with Gasteiger partial charge in [0.1, 0.15) is 16.5 Å². The molecule has 0 aliphatic rings. The molecule has 0 unspecified atom stereocenters. The number of hydrogen-bond donors (Lipinski definition) is 0. The van der Waals surface area contributed by atoms with Crippen molar-refractivity contribution in [3.63, 3.8) is 0 Å². The molecule has 0 saturated carbocycles. The monoisotopic (exact) mass is 344 g/mol. The van der Waals surface area contributed by atoms with Crippen LogP contribution in [0.2, 0.25) is 5.02 Å². The van der Waals surface area contributed by atoms with Crippen molar-refractivity contribution in [3.05, 3.63) is 22.7 Å². The Hall–Kier alpha value is -1.42. The molecule has 23 heavy (non-hydrogen) atoms. The standard InChI is InChI=1S/C16H23ClO4.C2H6/c1-9(2)19-13-7-12(16(18)21-11(5)6)8-14(15(13)17)20-10(3)4;1-2/h7-11H,1-6H3;1-2H3. The van der Waals surface area contributed by atoms with Crippen LogP contribution in [0.4, 0.5) is 0 Å². The third kappa shape index (κ3) is 7.60. The second kappa shape index (κ2) is 10.4. The first-order valence-corrected chi connectivity index (χ1v) is 8.46. The van der Waals surface area contributed by atoms with E-state index in [0.29, 0.717) is 22.1 Å². The van der Waals surface area contributed by atoms with Crippen LogP contribution in [-0.2, 0) is 4.74 Å². The molecule has 1 aromatic carbocycles. The highest BCUT2D eigenvalue weighted by Gasteiger charge is 2.19. The van der Waals surface area contributed by atoms with Gasteiger partial charge in [0.2, 0.25) is 0 Å². The number of halogens is 1. The van der Waals surface area contributed by atoms with Crippen LogP contribution in [0.5, 0.6) is 11.5 Å². The van der Waals surface area contributed by atoms with Gasteiger partial charge in [0.25, 0.3) is 0 Å². The lowest BCUT2D eigenvalue weighted by atomic mass is 10.2. The third-order valence-corrected chi connectivity index (χ3v) is 2.68. The van der Waals surface area contributed by atoms with Crippen LogP contribution in [0, 0.1) is 0 Å². The number of hydrogen-bond acceptors (Lipinski definition) is 4. The van der Waals surface area contributed by atoms with Gasteiger partial charge in [-0.3, -0.25) is 0 Å². The molecule has 0 aliphatic heterocycles. The molecule has 1 aromatic rings. The fourth-order valence-electron chi connectivity index (χ4n) is 1.65. The molecule has 132 valence electrons. The highest BCUT2D eigenvalue weighted by atomic mass is 35.5. The SMILES string of the molecule is CC.CC(C)OC(=O)c1cc(OC(C)C)c(Cl)c(OC(C)C)c1. The summed E-state index contributed by atoms with van der Waals surface area (Å²) in [4.78, 5) is 12.1. The van der Waals surface area contributed by atoms with Crippen molar-refractivity contribution in [2.45, 2.75) is 73.7 Å². The topological polar surface area (TPSA) is 44.8 Å². The van der Waals surface area contributed by atoms with Crippen molar-refractivity contribution in [2.75, 3.05) is 0 Å². The van der Waals surface area contributed by atoms with Gasteiger partial charge in [0.15, 0.2) is 0 Å². The second-order valence-corrected chi connectivity index (χ2v) is 5.95. The van der Waals surface area contributed by atoms with Gasteiger partial charge in [-0.1, -0.05) is 25.4 Å². The molecule has 0 heterocycles. The maximum absolute atomic E-state index is 12.1. The van der Waals surface area contributed by atoms with Gasteiger partial charge in [-0.25, -0.2) is 4.79 Å². The molecule has 0 radical (unpaired) electrons. The van der Waals surface area contributed by atoms with E-state index < -0.39 is 5.97 Å². The molecule has 0 fully saturated rings. The average Bonchev–Trinajstić information content (AvgIpc) is 2.43. The van der Waals surface area contributed by atoms with E-state index in [-0.39, 0.29) is 18.3 Å². The molecule has 0 saturated heterocycles. The summed E-state index contributed by atoms with van der Waals surface area (Å²) in [5.41, 5.74) is 0.361. The summed E-state index contributed by atoms with van der Waals surface area (Å²) in [7, 11) is 0. The van der Waals surface area contributed by atoms with Crippen molar-refractivity contribution in [1.29, 1.82) is 0 Å². The minimum Gasteiger partial charge on any atom is -0.489 e. The molecule has 0 atom stereocenters. The second-order valence-electron chi connectivity index (χ2n) is 5.57. The number of carbonyl (C=O) groups is 1. The average molecular weight is 345 g/mol. The summed E-state index contributed by atoms with van der Waals surface area (Å²) >= 11 is 6.28. The van der Waals surface area contributed by atoms with Crippen molar-refractivity contribution in [2.24, 2.45) is 0 Å². The third-order valence-electron chi connectivity index (χ3n) is 2.31. The lowest BCUT2D eigenvalue weighted by Gasteiger charge is -2.18. The predicted octanol–water partition coefficient (Wildman–Crippen LogP) is 5.51. The summed E-state index contributed by atoms with van der Waals surface area (Å²) < 4.78 is 16.5. The maximum atomic E-state index is 12.1. The zero-order valence-electron chi connectivity index (χ0n) is 15.4. The van der Waals surface area contributed by atoms with Crippen molar-refractivity contribution < 1.29 is 19.0 Å². The first-order chi connectivity index (χ1) is 10.7. The molecular weight excluding hydrogens is 316 g/mol. The minimum absolute atomic E-state index is 0.0641. The molecule has 0 bridgehead atoms. The number of ether oxygens (including phenoxy) is 3. The fraction of sp³-hybridized carbons (Fsp3) is 0.611. The molecule has 1 rings (SSSR count). The fourth-order valence-corrected chi connectivity index (χ4v) is 1.85. The predicted molar refractivity (Wildman–Crippen MR) is 94.9 cm³/mol.